The molecule has 0 aliphatic rings. The first-order chi connectivity index (χ1) is 8.60. The Balaban J connectivity index is 3.09. The monoisotopic (exact) mass is 248 g/mol. The second-order valence-corrected chi connectivity index (χ2v) is 3.94. The van der Waals surface area contributed by atoms with Crippen molar-refractivity contribution in [2.45, 2.75) is 19.9 Å². The number of rotatable bonds is 5. The van der Waals surface area contributed by atoms with Crippen molar-refractivity contribution in [3.05, 3.63) is 40.8 Å². The zero-order valence-corrected chi connectivity index (χ0v) is 10.7. The Bertz CT molecular complexity index is 455. The van der Waals surface area contributed by atoms with Crippen LogP contribution in [0.4, 0.5) is 5.69 Å². The molecule has 0 unspecified atom stereocenters. The number of nitrogens with zero attached hydrogens (tertiary/aromatic N) is 2. The van der Waals surface area contributed by atoms with Gasteiger partial charge < -0.3 is 4.74 Å². The molecular weight excluding hydrogens is 232 g/mol. The number of hydrogen-bond acceptors (Lipinski definition) is 4. The number of ether oxygens (including phenoxy) is 1. The number of nitroso groups, excluding NO2 is 1. The number of hydrogen-bond donors (Lipinski definition) is 0. The molecule has 0 radical (unpaired) electrons. The number of esters is 1. The summed E-state index contributed by atoms with van der Waals surface area (Å²) in [5.74, 6) is -0.444. The molecular formula is C13H16N2O3. The van der Waals surface area contributed by atoms with Gasteiger partial charge in [0.15, 0.2) is 0 Å². The van der Waals surface area contributed by atoms with Gasteiger partial charge >= 0.3 is 5.97 Å². The first kappa shape index (κ1) is 13.9. The molecule has 1 aromatic carbocycles. The largest absolute Gasteiger partial charge is 0.466 e. The van der Waals surface area contributed by atoms with E-state index in [1.165, 1.54) is 18.2 Å². The minimum atomic E-state index is -0.444. The second kappa shape index (κ2) is 6.54. The Morgan fingerprint density at radius 3 is 2.61 bits per heavy atom. The van der Waals surface area contributed by atoms with Crippen LogP contribution in [0.15, 0.2) is 35.6 Å². The summed E-state index contributed by atoms with van der Waals surface area (Å²) < 4.78 is 4.52. The third-order valence-electron chi connectivity index (χ3n) is 2.36. The molecule has 0 bridgehead atoms. The van der Waals surface area contributed by atoms with Crippen LogP contribution in [-0.2, 0) is 9.53 Å². The third-order valence-corrected chi connectivity index (χ3v) is 2.36. The second-order valence-electron chi connectivity index (χ2n) is 3.94. The molecule has 0 saturated carbocycles. The smallest absolute Gasteiger partial charge is 0.330 e. The van der Waals surface area contributed by atoms with E-state index in [1.54, 1.807) is 18.2 Å². The lowest BCUT2D eigenvalue weighted by Gasteiger charge is -2.21. The molecule has 1 rings (SSSR count). The van der Waals surface area contributed by atoms with Crippen molar-refractivity contribution in [3.63, 3.8) is 0 Å². The number of methoxy groups -OCH3 is 1. The molecule has 0 spiro atoms. The summed E-state index contributed by atoms with van der Waals surface area (Å²) in [4.78, 5) is 21.9. The first-order valence-electron chi connectivity index (χ1n) is 5.57. The lowest BCUT2D eigenvalue weighted by Crippen LogP contribution is -2.24. The van der Waals surface area contributed by atoms with Crippen molar-refractivity contribution < 1.29 is 9.53 Å². The molecule has 18 heavy (non-hydrogen) atoms. The molecule has 5 heteroatoms. The number of anilines is 1. The van der Waals surface area contributed by atoms with Gasteiger partial charge in [0.05, 0.1) is 24.1 Å². The topological polar surface area (TPSA) is 59.0 Å². The molecule has 1 aromatic rings. The molecule has 0 aliphatic carbocycles. The van der Waals surface area contributed by atoms with Gasteiger partial charge in [-0.15, -0.1) is 4.91 Å². The van der Waals surface area contributed by atoms with E-state index in [2.05, 4.69) is 10.0 Å². The van der Waals surface area contributed by atoms with Crippen molar-refractivity contribution in [1.29, 1.82) is 0 Å². The maximum absolute atomic E-state index is 11.1. The van der Waals surface area contributed by atoms with Crippen LogP contribution in [0.2, 0.25) is 0 Å². The van der Waals surface area contributed by atoms with Crippen LogP contribution in [0.25, 0.3) is 6.08 Å². The number of carbonyl (C=O) groups excluding carboxylic acids is 1. The zero-order chi connectivity index (χ0) is 13.5. The summed E-state index contributed by atoms with van der Waals surface area (Å²) in [6, 6.07) is 7.15. The normalized spacial score (nSPS) is 10.7. The quantitative estimate of drug-likeness (QED) is 0.348. The van der Waals surface area contributed by atoms with Crippen LogP contribution in [0.3, 0.4) is 0 Å². The summed E-state index contributed by atoms with van der Waals surface area (Å²) in [7, 11) is 1.31. The maximum Gasteiger partial charge on any atom is 0.330 e. The molecule has 0 saturated heterocycles. The Labute approximate surface area is 106 Å². The van der Waals surface area contributed by atoms with Crippen LogP contribution < -0.4 is 5.01 Å². The average Bonchev–Trinajstić information content (AvgIpc) is 2.37. The molecule has 0 atom stereocenters. The standard InChI is InChI=1S/C13H16N2O3/c1-10(2)15(14-17)12-7-5-4-6-11(12)8-9-13(16)18-3/h4-10H,1-3H3/b9-8+. The average molecular weight is 248 g/mol. The van der Waals surface area contributed by atoms with Crippen molar-refractivity contribution in [1.82, 2.24) is 0 Å². The van der Waals surface area contributed by atoms with Gasteiger partial charge in [0, 0.05) is 11.6 Å². The van der Waals surface area contributed by atoms with E-state index in [4.69, 9.17) is 0 Å². The van der Waals surface area contributed by atoms with Crippen LogP contribution in [0.5, 0.6) is 0 Å². The molecule has 96 valence electrons. The van der Waals surface area contributed by atoms with Gasteiger partial charge in [-0.1, -0.05) is 18.2 Å². The van der Waals surface area contributed by atoms with Gasteiger partial charge in [-0.05, 0) is 26.0 Å². The van der Waals surface area contributed by atoms with E-state index < -0.39 is 5.97 Å². The van der Waals surface area contributed by atoms with E-state index in [-0.39, 0.29) is 6.04 Å². The van der Waals surface area contributed by atoms with Crippen molar-refractivity contribution in [2.75, 3.05) is 12.1 Å². The SMILES string of the molecule is COC(=O)/C=C/c1ccccc1N(N=O)C(C)C. The van der Waals surface area contributed by atoms with E-state index in [1.807, 2.05) is 26.0 Å². The van der Waals surface area contributed by atoms with Gasteiger partial charge in [0.1, 0.15) is 0 Å². The molecule has 5 nitrogen and oxygen atoms in total. The van der Waals surface area contributed by atoms with Gasteiger partial charge in [0.2, 0.25) is 0 Å². The van der Waals surface area contributed by atoms with Crippen LogP contribution >= 0.6 is 0 Å². The number of para-hydroxylation sites is 1. The summed E-state index contributed by atoms with van der Waals surface area (Å²) >= 11 is 0. The fraction of sp³-hybridized carbons (Fsp3) is 0.308. The predicted molar refractivity (Wildman–Crippen MR) is 70.9 cm³/mol. The van der Waals surface area contributed by atoms with E-state index in [0.29, 0.717) is 5.69 Å². The van der Waals surface area contributed by atoms with Gasteiger partial charge in [-0.25, -0.2) is 9.80 Å². The van der Waals surface area contributed by atoms with E-state index in [9.17, 15) is 9.70 Å². The van der Waals surface area contributed by atoms with Gasteiger partial charge in [0.25, 0.3) is 0 Å². The summed E-state index contributed by atoms with van der Waals surface area (Å²) in [6.07, 6.45) is 2.91. The lowest BCUT2D eigenvalue weighted by atomic mass is 10.1. The van der Waals surface area contributed by atoms with Crippen molar-refractivity contribution >= 4 is 17.7 Å². The minimum absolute atomic E-state index is 0.0600. The van der Waals surface area contributed by atoms with Crippen LogP contribution in [0, 0.1) is 4.91 Å². The first-order valence-corrected chi connectivity index (χ1v) is 5.57. The van der Waals surface area contributed by atoms with Crippen LogP contribution in [-0.4, -0.2) is 19.1 Å². The molecule has 0 N–H and O–H groups in total. The van der Waals surface area contributed by atoms with Crippen molar-refractivity contribution in [2.24, 2.45) is 5.29 Å². The van der Waals surface area contributed by atoms with E-state index >= 15 is 0 Å². The van der Waals surface area contributed by atoms with Crippen LogP contribution in [0.1, 0.15) is 19.4 Å². The maximum atomic E-state index is 11.1. The molecule has 0 fully saturated rings. The molecule has 0 heterocycles. The zero-order valence-electron chi connectivity index (χ0n) is 10.7. The Morgan fingerprint density at radius 1 is 1.39 bits per heavy atom. The summed E-state index contributed by atoms with van der Waals surface area (Å²) in [6.45, 7) is 3.73. The summed E-state index contributed by atoms with van der Waals surface area (Å²) in [5, 5.41) is 4.36. The third kappa shape index (κ3) is 3.41. The van der Waals surface area contributed by atoms with Crippen molar-refractivity contribution in [3.8, 4) is 0 Å². The predicted octanol–water partition coefficient (Wildman–Crippen LogP) is 2.77. The lowest BCUT2D eigenvalue weighted by molar-refractivity contribution is -0.134. The Hall–Kier alpha value is -2.17. The molecule has 0 amide bonds. The highest BCUT2D eigenvalue weighted by Crippen LogP contribution is 2.24. The fourth-order valence-electron chi connectivity index (χ4n) is 1.48. The summed E-state index contributed by atoms with van der Waals surface area (Å²) in [5.41, 5.74) is 1.39. The van der Waals surface area contributed by atoms with Gasteiger partial charge in [-0.3, -0.25) is 0 Å². The minimum Gasteiger partial charge on any atom is -0.466 e. The molecule has 0 aromatic heterocycles. The highest BCUT2D eigenvalue weighted by Gasteiger charge is 2.13. The van der Waals surface area contributed by atoms with E-state index in [0.717, 1.165) is 5.56 Å². The highest BCUT2D eigenvalue weighted by molar-refractivity contribution is 5.88. The fourth-order valence-corrected chi connectivity index (χ4v) is 1.48. The number of benzene rings is 1. The highest BCUT2D eigenvalue weighted by atomic mass is 16.5. The Kier molecular flexibility index (Phi) is 5.05. The Morgan fingerprint density at radius 2 is 2.06 bits per heavy atom. The van der Waals surface area contributed by atoms with Gasteiger partial charge in [-0.2, -0.15) is 0 Å². The number of carbonyl (C=O) groups is 1. The molecule has 0 aliphatic heterocycles.